The number of ether oxygens (including phenoxy) is 1. The Balaban J connectivity index is 1.37. The molecule has 2 heterocycles. The third-order valence-electron chi connectivity index (χ3n) is 6.63. The molecule has 8 nitrogen and oxygen atoms in total. The number of methoxy groups -OCH3 is 1. The van der Waals surface area contributed by atoms with Gasteiger partial charge in [0.1, 0.15) is 23.2 Å². The number of hydrogen-bond acceptors (Lipinski definition) is 5. The van der Waals surface area contributed by atoms with Gasteiger partial charge in [-0.05, 0) is 43.9 Å². The lowest BCUT2D eigenvalue weighted by Crippen LogP contribution is -2.47. The van der Waals surface area contributed by atoms with E-state index >= 15 is 0 Å². The summed E-state index contributed by atoms with van der Waals surface area (Å²) < 4.78 is 13.2. The molecule has 37 heavy (non-hydrogen) atoms. The summed E-state index contributed by atoms with van der Waals surface area (Å²) in [5.41, 5.74) is 2.60. The molecule has 2 aromatic heterocycles. The number of carbonyl (C=O) groups is 2. The van der Waals surface area contributed by atoms with Crippen LogP contribution < -0.4 is 10.1 Å². The highest BCUT2D eigenvalue weighted by molar-refractivity contribution is 6.01. The van der Waals surface area contributed by atoms with Crippen molar-refractivity contribution in [2.24, 2.45) is 0 Å². The predicted octanol–water partition coefficient (Wildman–Crippen LogP) is 4.75. The summed E-state index contributed by atoms with van der Waals surface area (Å²) in [5, 5.41) is 3.69. The molecule has 2 amide bonds. The van der Waals surface area contributed by atoms with Gasteiger partial charge in [-0.25, -0.2) is 4.98 Å². The number of aryl methyl sites for hydroxylation is 3. The van der Waals surface area contributed by atoms with Crippen LogP contribution in [0, 0.1) is 6.92 Å². The Morgan fingerprint density at radius 3 is 2.70 bits per heavy atom. The van der Waals surface area contributed by atoms with E-state index in [1.165, 1.54) is 5.56 Å². The Hall–Kier alpha value is -4.07. The van der Waals surface area contributed by atoms with Gasteiger partial charge >= 0.3 is 0 Å². The number of amides is 2. The molecule has 8 heteroatoms. The van der Waals surface area contributed by atoms with Crippen LogP contribution in [0.3, 0.4) is 0 Å². The molecule has 0 bridgehead atoms. The van der Waals surface area contributed by atoms with E-state index in [4.69, 9.17) is 9.15 Å². The summed E-state index contributed by atoms with van der Waals surface area (Å²) in [6.45, 7) is 4.88. The number of hydrogen-bond donors (Lipinski definition) is 1. The zero-order valence-electron chi connectivity index (χ0n) is 21.9. The van der Waals surface area contributed by atoms with Gasteiger partial charge in [-0.1, -0.05) is 37.3 Å². The number of nitrogens with one attached hydrogen (secondary N) is 1. The third kappa shape index (κ3) is 6.02. The van der Waals surface area contributed by atoms with E-state index in [-0.39, 0.29) is 11.7 Å². The molecule has 0 aliphatic heterocycles. The zero-order chi connectivity index (χ0) is 26.4. The number of carbonyl (C=O) groups excluding carboxylic acids is 2. The third-order valence-corrected chi connectivity index (χ3v) is 6.63. The largest absolute Gasteiger partial charge is 0.497 e. The summed E-state index contributed by atoms with van der Waals surface area (Å²) in [6.07, 6.45) is 6.10. The topological polar surface area (TPSA) is 89.6 Å². The van der Waals surface area contributed by atoms with E-state index in [2.05, 4.69) is 27.0 Å². The van der Waals surface area contributed by atoms with E-state index in [1.54, 1.807) is 31.3 Å². The number of imidazole rings is 1. The fourth-order valence-corrected chi connectivity index (χ4v) is 4.46. The number of likely N-dealkylation sites (N-methyl/N-ethyl adjacent to an activating group) is 1. The van der Waals surface area contributed by atoms with Crippen molar-refractivity contribution in [3.8, 4) is 5.75 Å². The fraction of sp³-hybridized carbons (Fsp3) is 0.345. The standard InChI is InChI=1S/C29H34N4O4/c1-5-24(31-28(34)27-20(2)23-14-13-22(36-4)18-25(23)37-27)29(35)32(3)19-26-30-15-17-33(26)16-9-12-21-10-7-6-8-11-21/h6-8,10-11,13-15,17-18,24H,5,9,12,16,19H2,1-4H3,(H,31,34). The monoisotopic (exact) mass is 502 g/mol. The molecule has 1 unspecified atom stereocenters. The summed E-state index contributed by atoms with van der Waals surface area (Å²) in [4.78, 5) is 32.4. The van der Waals surface area contributed by atoms with Crippen molar-refractivity contribution < 1.29 is 18.7 Å². The minimum Gasteiger partial charge on any atom is -0.497 e. The van der Waals surface area contributed by atoms with Gasteiger partial charge in [0.25, 0.3) is 5.91 Å². The van der Waals surface area contributed by atoms with Crippen molar-refractivity contribution in [2.45, 2.75) is 52.2 Å². The lowest BCUT2D eigenvalue weighted by atomic mass is 10.1. The molecule has 0 radical (unpaired) electrons. The molecular formula is C29H34N4O4. The van der Waals surface area contributed by atoms with Gasteiger partial charge in [0, 0.05) is 43.0 Å². The Bertz CT molecular complexity index is 1360. The van der Waals surface area contributed by atoms with Crippen molar-refractivity contribution >= 4 is 22.8 Å². The Morgan fingerprint density at radius 2 is 1.97 bits per heavy atom. The first kappa shape index (κ1) is 26.0. The van der Waals surface area contributed by atoms with Crippen LogP contribution in [0.25, 0.3) is 11.0 Å². The molecule has 0 saturated carbocycles. The zero-order valence-corrected chi connectivity index (χ0v) is 21.9. The van der Waals surface area contributed by atoms with Crippen LogP contribution >= 0.6 is 0 Å². The first-order valence-corrected chi connectivity index (χ1v) is 12.6. The van der Waals surface area contributed by atoms with Gasteiger partial charge in [-0.15, -0.1) is 0 Å². The van der Waals surface area contributed by atoms with Crippen molar-refractivity contribution in [1.29, 1.82) is 0 Å². The molecule has 4 rings (SSSR count). The molecule has 1 atom stereocenters. The van der Waals surface area contributed by atoms with Gasteiger partial charge in [0.2, 0.25) is 5.91 Å². The smallest absolute Gasteiger partial charge is 0.287 e. The first-order chi connectivity index (χ1) is 17.9. The highest BCUT2D eigenvalue weighted by Crippen LogP contribution is 2.28. The maximum absolute atomic E-state index is 13.2. The molecule has 1 N–H and O–H groups in total. The molecule has 0 saturated heterocycles. The van der Waals surface area contributed by atoms with Crippen LogP contribution in [-0.4, -0.2) is 46.5 Å². The van der Waals surface area contributed by atoms with E-state index in [0.29, 0.717) is 24.3 Å². The van der Waals surface area contributed by atoms with Gasteiger partial charge in [0.15, 0.2) is 5.76 Å². The van der Waals surface area contributed by atoms with Crippen LogP contribution in [0.5, 0.6) is 5.75 Å². The van der Waals surface area contributed by atoms with E-state index in [9.17, 15) is 9.59 Å². The summed E-state index contributed by atoms with van der Waals surface area (Å²) in [5.74, 6) is 1.07. The highest BCUT2D eigenvalue weighted by atomic mass is 16.5. The fourth-order valence-electron chi connectivity index (χ4n) is 4.46. The molecular weight excluding hydrogens is 468 g/mol. The summed E-state index contributed by atoms with van der Waals surface area (Å²) in [6, 6.07) is 15.1. The van der Waals surface area contributed by atoms with E-state index < -0.39 is 11.9 Å². The van der Waals surface area contributed by atoms with Crippen molar-refractivity contribution in [1.82, 2.24) is 19.8 Å². The minimum absolute atomic E-state index is 0.176. The SMILES string of the molecule is CCC(NC(=O)c1oc2cc(OC)ccc2c1C)C(=O)N(C)Cc1nccn1CCCc1ccccc1. The van der Waals surface area contributed by atoms with Crippen molar-refractivity contribution in [3.05, 3.63) is 83.6 Å². The van der Waals surface area contributed by atoms with Crippen LogP contribution in [0.4, 0.5) is 0 Å². The van der Waals surface area contributed by atoms with Crippen molar-refractivity contribution in [3.63, 3.8) is 0 Å². The number of aromatic nitrogens is 2. The van der Waals surface area contributed by atoms with Gasteiger partial charge in [-0.3, -0.25) is 9.59 Å². The van der Waals surface area contributed by atoms with Gasteiger partial charge in [0.05, 0.1) is 13.7 Å². The second-order valence-electron chi connectivity index (χ2n) is 9.17. The molecule has 0 aliphatic carbocycles. The van der Waals surface area contributed by atoms with E-state index in [0.717, 1.165) is 36.2 Å². The average Bonchev–Trinajstić information content (AvgIpc) is 3.50. The highest BCUT2D eigenvalue weighted by Gasteiger charge is 2.26. The summed E-state index contributed by atoms with van der Waals surface area (Å²) >= 11 is 0. The number of nitrogens with zero attached hydrogens (tertiary/aromatic N) is 3. The predicted molar refractivity (Wildman–Crippen MR) is 143 cm³/mol. The Kier molecular flexibility index (Phi) is 8.28. The second-order valence-corrected chi connectivity index (χ2v) is 9.17. The molecule has 2 aromatic carbocycles. The lowest BCUT2D eigenvalue weighted by Gasteiger charge is -2.23. The van der Waals surface area contributed by atoms with Gasteiger partial charge in [-0.2, -0.15) is 0 Å². The molecule has 194 valence electrons. The molecule has 0 spiro atoms. The van der Waals surface area contributed by atoms with Crippen LogP contribution in [-0.2, 0) is 24.3 Å². The molecule has 4 aromatic rings. The Morgan fingerprint density at radius 1 is 1.19 bits per heavy atom. The lowest BCUT2D eigenvalue weighted by molar-refractivity contribution is -0.132. The van der Waals surface area contributed by atoms with Crippen LogP contribution in [0.15, 0.2) is 65.3 Å². The van der Waals surface area contributed by atoms with Gasteiger partial charge < -0.3 is 23.9 Å². The van der Waals surface area contributed by atoms with Crippen molar-refractivity contribution in [2.75, 3.05) is 14.2 Å². The second kappa shape index (κ2) is 11.8. The first-order valence-electron chi connectivity index (χ1n) is 12.6. The summed E-state index contributed by atoms with van der Waals surface area (Å²) in [7, 11) is 3.31. The van der Waals surface area contributed by atoms with Crippen LogP contribution in [0.2, 0.25) is 0 Å². The number of rotatable bonds is 11. The maximum atomic E-state index is 13.2. The normalized spacial score (nSPS) is 11.9. The maximum Gasteiger partial charge on any atom is 0.287 e. The quantitative estimate of drug-likeness (QED) is 0.320. The number of furan rings is 1. The number of fused-ring (bicyclic) bond motifs is 1. The molecule has 0 fully saturated rings. The average molecular weight is 503 g/mol. The number of benzene rings is 2. The molecule has 0 aliphatic rings. The van der Waals surface area contributed by atoms with Crippen LogP contribution in [0.1, 0.15) is 47.3 Å². The van der Waals surface area contributed by atoms with E-state index in [1.807, 2.05) is 50.4 Å². The Labute approximate surface area is 217 Å². The minimum atomic E-state index is -0.679.